The van der Waals surface area contributed by atoms with Crippen LogP contribution in [0.3, 0.4) is 0 Å². The van der Waals surface area contributed by atoms with Gasteiger partial charge in [0.1, 0.15) is 12.4 Å². The lowest BCUT2D eigenvalue weighted by atomic mass is 10.1. The molecule has 0 N–H and O–H groups in total. The van der Waals surface area contributed by atoms with Gasteiger partial charge in [-0.15, -0.1) is 0 Å². The van der Waals surface area contributed by atoms with Gasteiger partial charge in [-0.25, -0.2) is 0 Å². The minimum absolute atomic E-state index is 0.0974. The Kier molecular flexibility index (Phi) is 7.16. The van der Waals surface area contributed by atoms with Gasteiger partial charge in [0.25, 0.3) is 5.91 Å². The average Bonchev–Trinajstić information content (AvgIpc) is 3.33. The Labute approximate surface area is 178 Å². The summed E-state index contributed by atoms with van der Waals surface area (Å²) in [5, 5.41) is 0. The van der Waals surface area contributed by atoms with Crippen molar-refractivity contribution in [1.29, 1.82) is 0 Å². The normalized spacial score (nSPS) is 20.0. The van der Waals surface area contributed by atoms with E-state index in [9.17, 15) is 4.79 Å². The van der Waals surface area contributed by atoms with E-state index in [1.165, 1.54) is 5.56 Å². The Hall–Kier alpha value is -2.63. The molecule has 5 nitrogen and oxygen atoms in total. The first-order valence-corrected chi connectivity index (χ1v) is 10.9. The van der Waals surface area contributed by atoms with Gasteiger partial charge in [0.2, 0.25) is 0 Å². The number of piperazine rings is 1. The van der Waals surface area contributed by atoms with Crippen LogP contribution in [-0.4, -0.2) is 67.7 Å². The van der Waals surface area contributed by atoms with Crippen molar-refractivity contribution in [2.24, 2.45) is 0 Å². The Morgan fingerprint density at radius 2 is 1.80 bits per heavy atom. The molecule has 1 amide bonds. The van der Waals surface area contributed by atoms with Gasteiger partial charge >= 0.3 is 0 Å². The number of ether oxygens (including phenoxy) is 2. The number of hydrogen-bond donors (Lipinski definition) is 0. The highest BCUT2D eigenvalue weighted by atomic mass is 16.5. The highest BCUT2D eigenvalue weighted by molar-refractivity contribution is 5.94. The maximum absolute atomic E-state index is 12.8. The van der Waals surface area contributed by atoms with Gasteiger partial charge < -0.3 is 14.4 Å². The molecule has 2 aromatic carbocycles. The molecule has 1 atom stereocenters. The van der Waals surface area contributed by atoms with Crippen LogP contribution in [0.5, 0.6) is 5.75 Å². The average molecular weight is 407 g/mol. The van der Waals surface area contributed by atoms with E-state index in [1.54, 1.807) is 0 Å². The van der Waals surface area contributed by atoms with Gasteiger partial charge in [-0.1, -0.05) is 42.5 Å². The Morgan fingerprint density at radius 1 is 1.03 bits per heavy atom. The molecule has 0 aliphatic carbocycles. The van der Waals surface area contributed by atoms with E-state index >= 15 is 0 Å². The molecule has 2 aliphatic heterocycles. The molecule has 0 saturated carbocycles. The molecule has 5 heteroatoms. The summed E-state index contributed by atoms with van der Waals surface area (Å²) in [6.07, 6.45) is 6.72. The van der Waals surface area contributed by atoms with Crippen molar-refractivity contribution in [3.05, 3.63) is 71.8 Å². The Balaban J connectivity index is 1.21. The fourth-order valence-corrected chi connectivity index (χ4v) is 3.88. The third-order valence-electron chi connectivity index (χ3n) is 5.69. The summed E-state index contributed by atoms with van der Waals surface area (Å²) in [5.74, 6) is 0.886. The van der Waals surface area contributed by atoms with Gasteiger partial charge in [0, 0.05) is 44.9 Å². The Bertz CT molecular complexity index is 821. The third-order valence-corrected chi connectivity index (χ3v) is 5.69. The fourth-order valence-electron chi connectivity index (χ4n) is 3.88. The molecular formula is C25H30N2O3. The molecule has 0 aromatic heterocycles. The number of amides is 1. The Morgan fingerprint density at radius 3 is 2.50 bits per heavy atom. The minimum atomic E-state index is 0.0974. The summed E-state index contributed by atoms with van der Waals surface area (Å²) < 4.78 is 11.4. The first-order chi connectivity index (χ1) is 14.8. The van der Waals surface area contributed by atoms with E-state index in [0.717, 1.165) is 63.5 Å². The van der Waals surface area contributed by atoms with Crippen molar-refractivity contribution >= 4 is 12.0 Å². The lowest BCUT2D eigenvalue weighted by molar-refractivity contribution is 0.0648. The van der Waals surface area contributed by atoms with Gasteiger partial charge in [-0.2, -0.15) is 0 Å². The molecular weight excluding hydrogens is 376 g/mol. The van der Waals surface area contributed by atoms with Crippen LogP contribution in [0.2, 0.25) is 0 Å². The second-order valence-corrected chi connectivity index (χ2v) is 7.88. The van der Waals surface area contributed by atoms with Crippen molar-refractivity contribution in [3.8, 4) is 5.75 Å². The molecule has 0 unspecified atom stereocenters. The molecule has 2 aromatic rings. The van der Waals surface area contributed by atoms with Crippen LogP contribution in [0.15, 0.2) is 60.7 Å². The minimum Gasteiger partial charge on any atom is -0.491 e. The lowest BCUT2D eigenvalue weighted by Gasteiger charge is -2.34. The van der Waals surface area contributed by atoms with E-state index in [1.807, 2.05) is 47.4 Å². The van der Waals surface area contributed by atoms with Crippen LogP contribution >= 0.6 is 0 Å². The SMILES string of the molecule is O=C(c1ccc(OC[C@@H]2CCCO2)cc1)N1CCN(C/C=C/c2ccccc2)CC1. The van der Waals surface area contributed by atoms with Gasteiger partial charge in [0.15, 0.2) is 0 Å². The van der Waals surface area contributed by atoms with Gasteiger partial charge in [-0.3, -0.25) is 9.69 Å². The van der Waals surface area contributed by atoms with Crippen LogP contribution in [0.25, 0.3) is 6.08 Å². The summed E-state index contributed by atoms with van der Waals surface area (Å²) in [7, 11) is 0. The van der Waals surface area contributed by atoms with Crippen LogP contribution < -0.4 is 4.74 Å². The quantitative estimate of drug-likeness (QED) is 0.703. The zero-order valence-electron chi connectivity index (χ0n) is 17.4. The molecule has 2 saturated heterocycles. The predicted octanol–water partition coefficient (Wildman–Crippen LogP) is 3.72. The van der Waals surface area contributed by atoms with Crippen LogP contribution in [0.1, 0.15) is 28.8 Å². The van der Waals surface area contributed by atoms with Crippen LogP contribution in [0, 0.1) is 0 Å². The van der Waals surface area contributed by atoms with Crippen LogP contribution in [0.4, 0.5) is 0 Å². The van der Waals surface area contributed by atoms with Crippen molar-refractivity contribution < 1.29 is 14.3 Å². The highest BCUT2D eigenvalue weighted by Crippen LogP contribution is 2.18. The standard InChI is InChI=1S/C25H30N2O3/c28-25(22-10-12-23(13-11-22)30-20-24-9-5-19-29-24)27-17-15-26(16-18-27)14-4-8-21-6-2-1-3-7-21/h1-4,6-8,10-13,24H,5,9,14-20H2/b8-4+/t24-/m0/s1. The molecule has 2 aliphatic rings. The zero-order chi connectivity index (χ0) is 20.6. The molecule has 2 fully saturated rings. The number of carbonyl (C=O) groups excluding carboxylic acids is 1. The van der Waals surface area contributed by atoms with Crippen molar-refractivity contribution in [1.82, 2.24) is 9.80 Å². The third kappa shape index (κ3) is 5.71. The van der Waals surface area contributed by atoms with E-state index in [0.29, 0.717) is 6.61 Å². The second-order valence-electron chi connectivity index (χ2n) is 7.88. The summed E-state index contributed by atoms with van der Waals surface area (Å²) >= 11 is 0. The first-order valence-electron chi connectivity index (χ1n) is 10.9. The van der Waals surface area contributed by atoms with E-state index in [4.69, 9.17) is 9.47 Å². The molecule has 158 valence electrons. The zero-order valence-corrected chi connectivity index (χ0v) is 17.4. The summed E-state index contributed by atoms with van der Waals surface area (Å²) in [4.78, 5) is 17.1. The largest absolute Gasteiger partial charge is 0.491 e. The van der Waals surface area contributed by atoms with E-state index in [-0.39, 0.29) is 12.0 Å². The van der Waals surface area contributed by atoms with Crippen molar-refractivity contribution in [2.45, 2.75) is 18.9 Å². The van der Waals surface area contributed by atoms with Crippen molar-refractivity contribution in [2.75, 3.05) is 45.9 Å². The van der Waals surface area contributed by atoms with Gasteiger partial charge in [0.05, 0.1) is 6.10 Å². The molecule has 0 radical (unpaired) electrons. The number of carbonyl (C=O) groups is 1. The maximum Gasteiger partial charge on any atom is 0.253 e. The summed E-state index contributed by atoms with van der Waals surface area (Å²) in [5.41, 5.74) is 1.94. The highest BCUT2D eigenvalue weighted by Gasteiger charge is 2.21. The fraction of sp³-hybridized carbons (Fsp3) is 0.400. The monoisotopic (exact) mass is 406 g/mol. The first kappa shape index (κ1) is 20.6. The van der Waals surface area contributed by atoms with E-state index in [2.05, 4.69) is 29.2 Å². The molecule has 4 rings (SSSR count). The topological polar surface area (TPSA) is 42.0 Å². The summed E-state index contributed by atoms with van der Waals surface area (Å²) in [6, 6.07) is 17.8. The molecule has 0 bridgehead atoms. The number of nitrogens with zero attached hydrogens (tertiary/aromatic N) is 2. The molecule has 2 heterocycles. The second kappa shape index (κ2) is 10.4. The maximum atomic E-state index is 12.8. The van der Waals surface area contributed by atoms with Gasteiger partial charge in [-0.05, 0) is 42.7 Å². The lowest BCUT2D eigenvalue weighted by Crippen LogP contribution is -2.48. The van der Waals surface area contributed by atoms with Crippen molar-refractivity contribution in [3.63, 3.8) is 0 Å². The molecule has 0 spiro atoms. The smallest absolute Gasteiger partial charge is 0.253 e. The number of benzene rings is 2. The molecule has 30 heavy (non-hydrogen) atoms. The summed E-state index contributed by atoms with van der Waals surface area (Å²) in [6.45, 7) is 5.63. The van der Waals surface area contributed by atoms with Crippen LogP contribution in [-0.2, 0) is 4.74 Å². The number of rotatable bonds is 7. The number of hydrogen-bond acceptors (Lipinski definition) is 4. The predicted molar refractivity (Wildman–Crippen MR) is 119 cm³/mol. The van der Waals surface area contributed by atoms with E-state index < -0.39 is 0 Å².